The molecule has 1 aliphatic rings. The van der Waals surface area contributed by atoms with Crippen LogP contribution in [0.15, 0.2) is 12.1 Å². The van der Waals surface area contributed by atoms with Gasteiger partial charge in [-0.15, -0.1) is 5.10 Å². The Bertz CT molecular complexity index is 637. The summed E-state index contributed by atoms with van der Waals surface area (Å²) in [4.78, 5) is 0. The average Bonchev–Trinajstić information content (AvgIpc) is 3.11. The van der Waals surface area contributed by atoms with Gasteiger partial charge >= 0.3 is 0 Å². The molecule has 6 nitrogen and oxygen atoms in total. The van der Waals surface area contributed by atoms with Crippen molar-refractivity contribution in [3.63, 3.8) is 0 Å². The molecule has 2 unspecified atom stereocenters. The van der Waals surface area contributed by atoms with E-state index in [4.69, 9.17) is 33.7 Å². The zero-order chi connectivity index (χ0) is 15.0. The Hall–Kier alpha value is -1.37. The number of benzene rings is 1. The van der Waals surface area contributed by atoms with Crippen molar-refractivity contribution in [1.82, 2.24) is 20.2 Å². The molecular weight excluding hydrogens is 313 g/mol. The van der Waals surface area contributed by atoms with Crippen LogP contribution < -0.4 is 5.73 Å². The van der Waals surface area contributed by atoms with Crippen molar-refractivity contribution in [2.24, 2.45) is 0 Å². The molecule has 1 aromatic heterocycles. The van der Waals surface area contributed by atoms with Crippen LogP contribution in [0.4, 0.5) is 5.69 Å². The first-order chi connectivity index (χ1) is 10.1. The highest BCUT2D eigenvalue weighted by Gasteiger charge is 2.32. The van der Waals surface area contributed by atoms with Gasteiger partial charge in [0, 0.05) is 12.7 Å². The fourth-order valence-corrected chi connectivity index (χ4v) is 3.14. The number of tetrazole rings is 1. The Morgan fingerprint density at radius 1 is 1.33 bits per heavy atom. The van der Waals surface area contributed by atoms with Gasteiger partial charge in [-0.05, 0) is 41.8 Å². The van der Waals surface area contributed by atoms with Gasteiger partial charge in [-0.25, -0.2) is 4.68 Å². The molecule has 1 saturated carbocycles. The van der Waals surface area contributed by atoms with Crippen LogP contribution in [0.2, 0.25) is 10.0 Å². The maximum absolute atomic E-state index is 6.09. The van der Waals surface area contributed by atoms with Crippen LogP contribution >= 0.6 is 23.2 Å². The van der Waals surface area contributed by atoms with Crippen molar-refractivity contribution in [3.05, 3.63) is 22.2 Å². The molecule has 2 atom stereocenters. The van der Waals surface area contributed by atoms with Gasteiger partial charge in [-0.1, -0.05) is 23.2 Å². The second-order valence-corrected chi connectivity index (χ2v) is 5.87. The lowest BCUT2D eigenvalue weighted by Gasteiger charge is -2.19. The van der Waals surface area contributed by atoms with Crippen molar-refractivity contribution < 1.29 is 4.74 Å². The Kier molecular flexibility index (Phi) is 4.01. The Balaban J connectivity index is 2.03. The third-order valence-electron chi connectivity index (χ3n) is 3.84. The number of anilines is 1. The third kappa shape index (κ3) is 2.59. The molecule has 0 radical (unpaired) electrons. The van der Waals surface area contributed by atoms with E-state index in [1.54, 1.807) is 23.9 Å². The van der Waals surface area contributed by atoms with Gasteiger partial charge in [-0.2, -0.15) is 0 Å². The van der Waals surface area contributed by atoms with Crippen LogP contribution in [0, 0.1) is 0 Å². The maximum atomic E-state index is 6.09. The maximum Gasteiger partial charge on any atom is 0.182 e. The molecule has 1 aliphatic carbocycles. The summed E-state index contributed by atoms with van der Waals surface area (Å²) in [6, 6.07) is 3.57. The Morgan fingerprint density at radius 3 is 2.86 bits per heavy atom. The fourth-order valence-electron chi connectivity index (χ4n) is 2.81. The average molecular weight is 328 g/mol. The molecule has 1 aromatic carbocycles. The number of hydrogen-bond acceptors (Lipinski definition) is 5. The molecule has 8 heteroatoms. The van der Waals surface area contributed by atoms with Gasteiger partial charge < -0.3 is 10.5 Å². The lowest BCUT2D eigenvalue weighted by molar-refractivity contribution is 0.0708. The minimum Gasteiger partial charge on any atom is -0.397 e. The van der Waals surface area contributed by atoms with E-state index in [-0.39, 0.29) is 12.1 Å². The molecule has 0 amide bonds. The molecule has 3 rings (SSSR count). The Labute approximate surface area is 132 Å². The normalized spacial score (nSPS) is 21.9. The number of ether oxygens (including phenoxy) is 1. The van der Waals surface area contributed by atoms with Gasteiger partial charge in [0.05, 0.1) is 27.9 Å². The van der Waals surface area contributed by atoms with E-state index in [0.29, 0.717) is 21.6 Å². The second kappa shape index (κ2) is 5.79. The largest absolute Gasteiger partial charge is 0.397 e. The number of nitrogens with two attached hydrogens (primary N) is 1. The molecule has 112 valence electrons. The summed E-state index contributed by atoms with van der Waals surface area (Å²) in [5.41, 5.74) is 7.02. The van der Waals surface area contributed by atoms with E-state index in [1.807, 2.05) is 0 Å². The molecular formula is C13H15Cl2N5O. The van der Waals surface area contributed by atoms with Crippen LogP contribution in [0.3, 0.4) is 0 Å². The summed E-state index contributed by atoms with van der Waals surface area (Å²) >= 11 is 12.1. The summed E-state index contributed by atoms with van der Waals surface area (Å²) in [5.74, 6) is 0.620. The number of rotatable bonds is 3. The molecule has 0 bridgehead atoms. The minimum absolute atomic E-state index is 0.118. The highest BCUT2D eigenvalue weighted by Crippen LogP contribution is 2.36. The topological polar surface area (TPSA) is 78.8 Å². The highest BCUT2D eigenvalue weighted by atomic mass is 35.5. The first kappa shape index (κ1) is 14.6. The van der Waals surface area contributed by atoms with Crippen molar-refractivity contribution in [1.29, 1.82) is 0 Å². The number of methoxy groups -OCH3 is 1. The van der Waals surface area contributed by atoms with Crippen LogP contribution in [0.1, 0.15) is 25.3 Å². The fraction of sp³-hybridized carbons (Fsp3) is 0.462. The molecule has 0 aliphatic heterocycles. The molecule has 0 saturated heterocycles. The van der Waals surface area contributed by atoms with Crippen LogP contribution in [0.25, 0.3) is 11.4 Å². The Morgan fingerprint density at radius 2 is 2.14 bits per heavy atom. The van der Waals surface area contributed by atoms with Crippen molar-refractivity contribution in [2.45, 2.75) is 31.4 Å². The van der Waals surface area contributed by atoms with Crippen molar-refractivity contribution >= 4 is 28.9 Å². The molecule has 0 spiro atoms. The first-order valence-electron chi connectivity index (χ1n) is 6.67. The van der Waals surface area contributed by atoms with Gasteiger partial charge in [0.1, 0.15) is 0 Å². The van der Waals surface area contributed by atoms with E-state index >= 15 is 0 Å². The lowest BCUT2D eigenvalue weighted by Crippen LogP contribution is -2.22. The second-order valence-electron chi connectivity index (χ2n) is 5.08. The highest BCUT2D eigenvalue weighted by molar-refractivity contribution is 6.43. The zero-order valence-corrected chi connectivity index (χ0v) is 13.0. The predicted molar refractivity (Wildman–Crippen MR) is 81.4 cm³/mol. The standard InChI is InChI=1S/C13H15Cl2N5O/c1-21-11-4-2-3-10(11)20-13(17-18-19-20)7-5-8(14)12(15)9(16)6-7/h5-6,10-11H,2-4,16H2,1H3. The molecule has 2 aromatic rings. The van der Waals surface area contributed by atoms with Gasteiger partial charge in [0.25, 0.3) is 0 Å². The van der Waals surface area contributed by atoms with E-state index in [9.17, 15) is 0 Å². The van der Waals surface area contributed by atoms with Gasteiger partial charge in [-0.3, -0.25) is 0 Å². The smallest absolute Gasteiger partial charge is 0.182 e. The molecule has 1 heterocycles. The minimum atomic E-state index is 0.118. The van der Waals surface area contributed by atoms with Crippen LogP contribution in [-0.2, 0) is 4.74 Å². The summed E-state index contributed by atoms with van der Waals surface area (Å²) < 4.78 is 7.31. The first-order valence-corrected chi connectivity index (χ1v) is 7.43. The quantitative estimate of drug-likeness (QED) is 0.876. The predicted octanol–water partition coefficient (Wildman–Crippen LogP) is 2.97. The summed E-state index contributed by atoms with van der Waals surface area (Å²) in [7, 11) is 1.71. The number of nitrogens with zero attached hydrogens (tertiary/aromatic N) is 4. The number of nitrogen functional groups attached to an aromatic ring is 1. The van der Waals surface area contributed by atoms with E-state index in [2.05, 4.69) is 15.5 Å². The summed E-state index contributed by atoms with van der Waals surface area (Å²) in [6.07, 6.45) is 3.19. The third-order valence-corrected chi connectivity index (χ3v) is 4.66. The monoisotopic (exact) mass is 327 g/mol. The molecule has 2 N–H and O–H groups in total. The molecule has 21 heavy (non-hydrogen) atoms. The number of hydrogen-bond donors (Lipinski definition) is 1. The van der Waals surface area contributed by atoms with Crippen molar-refractivity contribution in [2.75, 3.05) is 12.8 Å². The number of halogens is 2. The van der Waals surface area contributed by atoms with Gasteiger partial charge in [0.15, 0.2) is 5.82 Å². The number of aromatic nitrogens is 4. The zero-order valence-electron chi connectivity index (χ0n) is 11.5. The van der Waals surface area contributed by atoms with E-state index in [1.165, 1.54) is 0 Å². The lowest BCUT2D eigenvalue weighted by atomic mass is 10.1. The molecule has 1 fully saturated rings. The van der Waals surface area contributed by atoms with Gasteiger partial charge in [0.2, 0.25) is 0 Å². The summed E-state index contributed by atoms with van der Waals surface area (Å²) in [6.45, 7) is 0. The van der Waals surface area contributed by atoms with Crippen LogP contribution in [-0.4, -0.2) is 33.4 Å². The van der Waals surface area contributed by atoms with E-state index in [0.717, 1.165) is 24.8 Å². The van der Waals surface area contributed by atoms with Crippen molar-refractivity contribution in [3.8, 4) is 11.4 Å². The van der Waals surface area contributed by atoms with Crippen LogP contribution in [0.5, 0.6) is 0 Å². The summed E-state index contributed by atoms with van der Waals surface area (Å²) in [5, 5.41) is 12.7. The van der Waals surface area contributed by atoms with E-state index < -0.39 is 0 Å². The SMILES string of the molecule is COC1CCCC1n1nnnc1-c1cc(N)c(Cl)c(Cl)c1.